The van der Waals surface area contributed by atoms with Crippen molar-refractivity contribution in [2.75, 3.05) is 13.2 Å². The standard InChI is InChI=1S/C12H24O2/c1-4-5-8-14-9-6-7-12(13)10-11(2)3/h11H,4-10H2,1-3H3. The van der Waals surface area contributed by atoms with Crippen molar-refractivity contribution in [3.8, 4) is 0 Å². The van der Waals surface area contributed by atoms with Crippen molar-refractivity contribution >= 4 is 5.78 Å². The highest BCUT2D eigenvalue weighted by molar-refractivity contribution is 5.78. The predicted octanol–water partition coefficient (Wildman–Crippen LogP) is 3.20. The largest absolute Gasteiger partial charge is 0.381 e. The molecule has 0 fully saturated rings. The van der Waals surface area contributed by atoms with Gasteiger partial charge in [0.25, 0.3) is 0 Å². The van der Waals surface area contributed by atoms with Crippen molar-refractivity contribution in [3.05, 3.63) is 0 Å². The van der Waals surface area contributed by atoms with Gasteiger partial charge in [0.15, 0.2) is 0 Å². The normalized spacial score (nSPS) is 10.9. The van der Waals surface area contributed by atoms with Crippen molar-refractivity contribution < 1.29 is 9.53 Å². The van der Waals surface area contributed by atoms with Gasteiger partial charge in [-0.1, -0.05) is 27.2 Å². The summed E-state index contributed by atoms with van der Waals surface area (Å²) in [5.74, 6) is 0.864. The first-order valence-electron chi connectivity index (χ1n) is 5.76. The van der Waals surface area contributed by atoms with Crippen molar-refractivity contribution in [1.29, 1.82) is 0 Å². The number of rotatable bonds is 9. The molecule has 0 unspecified atom stereocenters. The van der Waals surface area contributed by atoms with E-state index in [9.17, 15) is 4.79 Å². The number of hydrogen-bond donors (Lipinski definition) is 0. The Kier molecular flexibility index (Phi) is 8.95. The minimum atomic E-state index is 0.374. The first kappa shape index (κ1) is 13.6. The molecule has 14 heavy (non-hydrogen) atoms. The summed E-state index contributed by atoms with van der Waals surface area (Å²) in [6, 6.07) is 0. The molecule has 0 aromatic rings. The van der Waals surface area contributed by atoms with Crippen LogP contribution in [0, 0.1) is 5.92 Å². The van der Waals surface area contributed by atoms with Crippen molar-refractivity contribution in [1.82, 2.24) is 0 Å². The summed E-state index contributed by atoms with van der Waals surface area (Å²) in [6.45, 7) is 7.89. The topological polar surface area (TPSA) is 26.3 Å². The number of ketones is 1. The zero-order valence-electron chi connectivity index (χ0n) is 9.84. The van der Waals surface area contributed by atoms with E-state index in [-0.39, 0.29) is 0 Å². The van der Waals surface area contributed by atoms with Crippen LogP contribution >= 0.6 is 0 Å². The molecule has 0 bridgehead atoms. The molecule has 0 aliphatic heterocycles. The second-order valence-corrected chi connectivity index (χ2v) is 4.21. The Labute approximate surface area is 88.0 Å². The Balaban J connectivity index is 3.15. The molecule has 0 saturated carbocycles. The summed E-state index contributed by atoms with van der Waals surface area (Å²) in [5, 5.41) is 0. The lowest BCUT2D eigenvalue weighted by atomic mass is 10.0. The third-order valence-electron chi connectivity index (χ3n) is 2.02. The molecular formula is C12H24O2. The highest BCUT2D eigenvalue weighted by Gasteiger charge is 2.04. The monoisotopic (exact) mass is 200 g/mol. The van der Waals surface area contributed by atoms with Crippen LogP contribution < -0.4 is 0 Å². The summed E-state index contributed by atoms with van der Waals surface area (Å²) in [4.78, 5) is 11.3. The van der Waals surface area contributed by atoms with E-state index in [4.69, 9.17) is 4.74 Å². The van der Waals surface area contributed by atoms with Gasteiger partial charge >= 0.3 is 0 Å². The SMILES string of the molecule is CCCCOCCCC(=O)CC(C)C. The fourth-order valence-corrected chi connectivity index (χ4v) is 1.28. The van der Waals surface area contributed by atoms with Gasteiger partial charge < -0.3 is 4.74 Å². The van der Waals surface area contributed by atoms with Gasteiger partial charge in [0.2, 0.25) is 0 Å². The fraction of sp³-hybridized carbons (Fsp3) is 0.917. The molecule has 0 aromatic heterocycles. The van der Waals surface area contributed by atoms with Crippen molar-refractivity contribution in [2.45, 2.75) is 52.9 Å². The van der Waals surface area contributed by atoms with Crippen LogP contribution in [0.25, 0.3) is 0 Å². The van der Waals surface area contributed by atoms with Gasteiger partial charge in [0, 0.05) is 26.1 Å². The molecule has 0 N–H and O–H groups in total. The van der Waals surface area contributed by atoms with E-state index in [0.29, 0.717) is 18.1 Å². The van der Waals surface area contributed by atoms with Crippen LogP contribution in [0.1, 0.15) is 52.9 Å². The molecule has 0 rings (SSSR count). The van der Waals surface area contributed by atoms with Crippen molar-refractivity contribution in [3.63, 3.8) is 0 Å². The van der Waals surface area contributed by atoms with Gasteiger partial charge in [-0.15, -0.1) is 0 Å². The maximum atomic E-state index is 11.3. The lowest BCUT2D eigenvalue weighted by molar-refractivity contribution is -0.120. The number of carbonyl (C=O) groups excluding carboxylic acids is 1. The number of ether oxygens (including phenoxy) is 1. The summed E-state index contributed by atoms with van der Waals surface area (Å²) < 4.78 is 5.38. The van der Waals surface area contributed by atoms with Gasteiger partial charge in [-0.05, 0) is 18.8 Å². The molecule has 0 saturated heterocycles. The third kappa shape index (κ3) is 9.72. The van der Waals surface area contributed by atoms with Crippen LogP contribution in [0.4, 0.5) is 0 Å². The smallest absolute Gasteiger partial charge is 0.133 e. The Morgan fingerprint density at radius 3 is 2.43 bits per heavy atom. The van der Waals surface area contributed by atoms with Gasteiger partial charge in [-0.25, -0.2) is 0 Å². The minimum absolute atomic E-state index is 0.374. The van der Waals surface area contributed by atoms with Crippen LogP contribution in [0.3, 0.4) is 0 Å². The van der Waals surface area contributed by atoms with Crippen LogP contribution in [0.15, 0.2) is 0 Å². The van der Waals surface area contributed by atoms with Gasteiger partial charge in [0.1, 0.15) is 5.78 Å². The van der Waals surface area contributed by atoms with Crippen LogP contribution in [0.2, 0.25) is 0 Å². The van der Waals surface area contributed by atoms with Gasteiger partial charge in [-0.3, -0.25) is 4.79 Å². The molecular weight excluding hydrogens is 176 g/mol. The molecule has 0 radical (unpaired) electrons. The summed E-state index contributed by atoms with van der Waals surface area (Å²) >= 11 is 0. The lowest BCUT2D eigenvalue weighted by Crippen LogP contribution is -2.05. The Morgan fingerprint density at radius 2 is 1.86 bits per heavy atom. The number of Topliss-reactive ketones (excluding diaryl/α,β-unsaturated/α-hetero) is 1. The van der Waals surface area contributed by atoms with E-state index < -0.39 is 0 Å². The quantitative estimate of drug-likeness (QED) is 0.534. The second kappa shape index (κ2) is 9.20. The van der Waals surface area contributed by atoms with E-state index in [1.807, 2.05) is 0 Å². The van der Waals surface area contributed by atoms with E-state index in [1.54, 1.807) is 0 Å². The maximum absolute atomic E-state index is 11.3. The van der Waals surface area contributed by atoms with Crippen LogP contribution in [-0.4, -0.2) is 19.0 Å². The average molecular weight is 200 g/mol. The first-order valence-corrected chi connectivity index (χ1v) is 5.76. The van der Waals surface area contributed by atoms with Crippen LogP contribution in [-0.2, 0) is 9.53 Å². The zero-order valence-corrected chi connectivity index (χ0v) is 9.84. The first-order chi connectivity index (χ1) is 6.66. The number of carbonyl (C=O) groups is 1. The highest BCUT2D eigenvalue weighted by Crippen LogP contribution is 2.04. The molecule has 0 spiro atoms. The molecule has 2 heteroatoms. The molecule has 0 aliphatic rings. The zero-order chi connectivity index (χ0) is 10.8. The summed E-state index contributed by atoms with van der Waals surface area (Å²) in [6.07, 6.45) is 4.58. The Morgan fingerprint density at radius 1 is 1.21 bits per heavy atom. The average Bonchev–Trinajstić information content (AvgIpc) is 2.10. The molecule has 0 amide bonds. The molecule has 0 atom stereocenters. The second-order valence-electron chi connectivity index (χ2n) is 4.21. The number of unbranched alkanes of at least 4 members (excludes halogenated alkanes) is 1. The molecule has 0 aromatic carbocycles. The molecule has 0 heterocycles. The van der Waals surface area contributed by atoms with E-state index in [1.165, 1.54) is 6.42 Å². The van der Waals surface area contributed by atoms with Crippen LogP contribution in [0.5, 0.6) is 0 Å². The summed E-state index contributed by atoms with van der Waals surface area (Å²) in [5.41, 5.74) is 0. The summed E-state index contributed by atoms with van der Waals surface area (Å²) in [7, 11) is 0. The molecule has 84 valence electrons. The van der Waals surface area contributed by atoms with Gasteiger partial charge in [0.05, 0.1) is 0 Å². The van der Waals surface area contributed by atoms with Gasteiger partial charge in [-0.2, -0.15) is 0 Å². The fourth-order valence-electron chi connectivity index (χ4n) is 1.28. The maximum Gasteiger partial charge on any atom is 0.133 e. The lowest BCUT2D eigenvalue weighted by Gasteiger charge is -2.04. The minimum Gasteiger partial charge on any atom is -0.381 e. The van der Waals surface area contributed by atoms with E-state index >= 15 is 0 Å². The third-order valence-corrected chi connectivity index (χ3v) is 2.02. The van der Waals surface area contributed by atoms with E-state index in [0.717, 1.165) is 32.5 Å². The molecule has 0 aliphatic carbocycles. The Hall–Kier alpha value is -0.370. The highest BCUT2D eigenvalue weighted by atomic mass is 16.5. The van der Waals surface area contributed by atoms with E-state index in [2.05, 4.69) is 20.8 Å². The Bertz CT molecular complexity index is 141. The predicted molar refractivity (Wildman–Crippen MR) is 59.4 cm³/mol. The van der Waals surface area contributed by atoms with Crippen molar-refractivity contribution in [2.24, 2.45) is 5.92 Å². The number of hydrogen-bond acceptors (Lipinski definition) is 2. The molecule has 2 nitrogen and oxygen atoms in total.